The average molecular weight is 212 g/mol. The van der Waals surface area contributed by atoms with Crippen LogP contribution in [0.4, 0.5) is 0 Å². The molecule has 2 rings (SSSR count). The molecule has 0 heterocycles. The van der Waals surface area contributed by atoms with Gasteiger partial charge in [0.25, 0.3) is 0 Å². The van der Waals surface area contributed by atoms with E-state index in [1.807, 2.05) is 41.8 Å². The van der Waals surface area contributed by atoms with E-state index in [-0.39, 0.29) is 5.92 Å². The van der Waals surface area contributed by atoms with Gasteiger partial charge >= 0.3 is 0 Å². The van der Waals surface area contributed by atoms with Crippen molar-refractivity contribution in [2.24, 2.45) is 0 Å². The molecule has 0 bridgehead atoms. The molecule has 0 aliphatic rings. The van der Waals surface area contributed by atoms with E-state index in [2.05, 4.69) is 24.3 Å². The summed E-state index contributed by atoms with van der Waals surface area (Å²) in [6.45, 7) is 0. The smallest absolute Gasteiger partial charge is 0.0373 e. The van der Waals surface area contributed by atoms with Crippen LogP contribution >= 0.6 is 12.2 Å². The summed E-state index contributed by atoms with van der Waals surface area (Å²) >= 11 is 5.11. The fourth-order valence-corrected chi connectivity index (χ4v) is 1.98. The summed E-state index contributed by atoms with van der Waals surface area (Å²) in [5.74, 6) is 0.224. The molecule has 74 valence electrons. The molecule has 0 saturated carbocycles. The lowest BCUT2D eigenvalue weighted by atomic mass is 9.93. The highest BCUT2D eigenvalue weighted by molar-refractivity contribution is 7.79. The van der Waals surface area contributed by atoms with Crippen LogP contribution < -0.4 is 0 Å². The highest BCUT2D eigenvalue weighted by Crippen LogP contribution is 2.22. The first kappa shape index (κ1) is 10.1. The Morgan fingerprint density at radius 2 is 1.13 bits per heavy atom. The summed E-state index contributed by atoms with van der Waals surface area (Å²) in [6.07, 6.45) is 0. The van der Waals surface area contributed by atoms with Crippen LogP contribution in [0, 0.1) is 0 Å². The topological polar surface area (TPSA) is 0 Å². The predicted octanol–water partition coefficient (Wildman–Crippen LogP) is 3.82. The zero-order chi connectivity index (χ0) is 10.5. The molecular weight excluding hydrogens is 200 g/mol. The Kier molecular flexibility index (Phi) is 3.25. The Labute approximate surface area is 95.6 Å². The minimum atomic E-state index is 0.224. The maximum Gasteiger partial charge on any atom is 0.0373 e. The average Bonchev–Trinajstić information content (AvgIpc) is 2.33. The van der Waals surface area contributed by atoms with E-state index in [0.29, 0.717) is 0 Å². The van der Waals surface area contributed by atoms with Crippen LogP contribution in [0.5, 0.6) is 0 Å². The first-order chi connectivity index (χ1) is 7.42. The fourth-order valence-electron chi connectivity index (χ4n) is 1.67. The molecule has 15 heavy (non-hydrogen) atoms. The van der Waals surface area contributed by atoms with Gasteiger partial charge in [-0.2, -0.15) is 0 Å². The first-order valence-corrected chi connectivity index (χ1v) is 5.44. The Morgan fingerprint density at radius 1 is 0.733 bits per heavy atom. The molecule has 0 aliphatic heterocycles. The van der Waals surface area contributed by atoms with Gasteiger partial charge in [0.05, 0.1) is 0 Å². The van der Waals surface area contributed by atoms with Gasteiger partial charge in [-0.25, -0.2) is 0 Å². The van der Waals surface area contributed by atoms with Crippen molar-refractivity contribution in [2.45, 2.75) is 5.92 Å². The summed E-state index contributed by atoms with van der Waals surface area (Å²) in [7, 11) is 0. The van der Waals surface area contributed by atoms with Gasteiger partial charge in [-0.05, 0) is 16.5 Å². The van der Waals surface area contributed by atoms with Crippen LogP contribution in [-0.4, -0.2) is 5.37 Å². The van der Waals surface area contributed by atoms with Crippen molar-refractivity contribution >= 4 is 17.6 Å². The minimum Gasteiger partial charge on any atom is -0.0924 e. The van der Waals surface area contributed by atoms with E-state index in [1.54, 1.807) is 0 Å². The van der Waals surface area contributed by atoms with Gasteiger partial charge < -0.3 is 0 Å². The molecule has 0 atom stereocenters. The maximum absolute atomic E-state index is 5.11. The van der Waals surface area contributed by atoms with E-state index >= 15 is 0 Å². The lowest BCUT2D eigenvalue weighted by molar-refractivity contribution is 1.12. The molecule has 0 aromatic heterocycles. The third-order valence-corrected chi connectivity index (χ3v) is 2.73. The Balaban J connectivity index is 2.38. The molecule has 1 heteroatoms. The molecule has 0 fully saturated rings. The van der Waals surface area contributed by atoms with Crippen molar-refractivity contribution in [3.8, 4) is 0 Å². The van der Waals surface area contributed by atoms with E-state index in [9.17, 15) is 0 Å². The van der Waals surface area contributed by atoms with Gasteiger partial charge in [-0.15, -0.1) is 0 Å². The molecule has 0 amide bonds. The molecule has 0 saturated heterocycles. The van der Waals surface area contributed by atoms with Crippen molar-refractivity contribution in [1.82, 2.24) is 0 Å². The van der Waals surface area contributed by atoms with Crippen LogP contribution in [0.25, 0.3) is 0 Å². The first-order valence-electron chi connectivity index (χ1n) is 4.97. The second-order valence-electron chi connectivity index (χ2n) is 3.44. The van der Waals surface area contributed by atoms with Crippen LogP contribution in [0.1, 0.15) is 17.0 Å². The van der Waals surface area contributed by atoms with Crippen LogP contribution in [0.3, 0.4) is 0 Å². The predicted molar refractivity (Wildman–Crippen MR) is 68.4 cm³/mol. The zero-order valence-electron chi connectivity index (χ0n) is 8.34. The van der Waals surface area contributed by atoms with Crippen molar-refractivity contribution in [3.05, 3.63) is 71.8 Å². The maximum atomic E-state index is 5.11. The van der Waals surface area contributed by atoms with Gasteiger partial charge in [0.15, 0.2) is 0 Å². The largest absolute Gasteiger partial charge is 0.0924 e. The second kappa shape index (κ2) is 4.85. The summed E-state index contributed by atoms with van der Waals surface area (Å²) in [5.41, 5.74) is 2.50. The Hall–Kier alpha value is -1.47. The quantitative estimate of drug-likeness (QED) is 0.697. The van der Waals surface area contributed by atoms with E-state index in [4.69, 9.17) is 12.2 Å². The standard InChI is InChI=1S/C14H12S/c15-11-14(12-7-3-1-4-8-12)13-9-5-2-6-10-13/h1-11,14H. The highest BCUT2D eigenvalue weighted by Gasteiger charge is 2.09. The number of hydrogen-bond donors (Lipinski definition) is 0. The fraction of sp³-hybridized carbons (Fsp3) is 0.0714. The normalized spacial score (nSPS) is 10.2. The number of benzene rings is 2. The van der Waals surface area contributed by atoms with Crippen LogP contribution in [0.15, 0.2) is 60.7 Å². The van der Waals surface area contributed by atoms with Gasteiger partial charge in [0.2, 0.25) is 0 Å². The zero-order valence-corrected chi connectivity index (χ0v) is 9.15. The molecule has 2 aromatic carbocycles. The van der Waals surface area contributed by atoms with Crippen molar-refractivity contribution in [3.63, 3.8) is 0 Å². The summed E-state index contributed by atoms with van der Waals surface area (Å²) in [4.78, 5) is 0. The van der Waals surface area contributed by atoms with Gasteiger partial charge in [0, 0.05) is 5.92 Å². The van der Waals surface area contributed by atoms with E-state index < -0.39 is 0 Å². The third kappa shape index (κ3) is 2.31. The lowest BCUT2D eigenvalue weighted by Crippen LogP contribution is -2.00. The molecule has 0 aliphatic carbocycles. The van der Waals surface area contributed by atoms with Gasteiger partial charge in [-0.1, -0.05) is 72.9 Å². The van der Waals surface area contributed by atoms with Gasteiger partial charge in [0.1, 0.15) is 0 Å². The highest BCUT2D eigenvalue weighted by atomic mass is 32.1. The van der Waals surface area contributed by atoms with E-state index in [0.717, 1.165) is 0 Å². The van der Waals surface area contributed by atoms with Crippen molar-refractivity contribution in [1.29, 1.82) is 0 Å². The Morgan fingerprint density at radius 3 is 1.47 bits per heavy atom. The monoisotopic (exact) mass is 212 g/mol. The molecular formula is C14H12S. The summed E-state index contributed by atoms with van der Waals surface area (Å²) in [6, 6.07) is 20.7. The molecule has 0 spiro atoms. The van der Waals surface area contributed by atoms with Crippen molar-refractivity contribution < 1.29 is 0 Å². The SMILES string of the molecule is S=CC(c1ccccc1)c1ccccc1. The van der Waals surface area contributed by atoms with E-state index in [1.165, 1.54) is 11.1 Å². The number of thiocarbonyl (C=S) groups is 1. The number of hydrogen-bond acceptors (Lipinski definition) is 1. The molecule has 0 unspecified atom stereocenters. The Bertz CT molecular complexity index is 380. The van der Waals surface area contributed by atoms with Crippen molar-refractivity contribution in [2.75, 3.05) is 0 Å². The van der Waals surface area contributed by atoms with Crippen LogP contribution in [-0.2, 0) is 0 Å². The lowest BCUT2D eigenvalue weighted by Gasteiger charge is -2.11. The molecule has 0 radical (unpaired) electrons. The number of rotatable bonds is 3. The van der Waals surface area contributed by atoms with Crippen LogP contribution in [0.2, 0.25) is 0 Å². The molecule has 0 nitrogen and oxygen atoms in total. The van der Waals surface area contributed by atoms with Gasteiger partial charge in [-0.3, -0.25) is 0 Å². The second-order valence-corrected chi connectivity index (χ2v) is 3.71. The molecule has 2 aromatic rings. The summed E-state index contributed by atoms with van der Waals surface area (Å²) in [5, 5.41) is 1.82. The summed E-state index contributed by atoms with van der Waals surface area (Å²) < 4.78 is 0. The minimum absolute atomic E-state index is 0.224. The third-order valence-electron chi connectivity index (χ3n) is 2.45. The molecule has 0 N–H and O–H groups in total.